The minimum absolute atomic E-state index is 0.0395. The van der Waals surface area contributed by atoms with Gasteiger partial charge in [-0.15, -0.1) is 0 Å². The third-order valence-corrected chi connectivity index (χ3v) is 3.92. The molecule has 0 aliphatic rings. The van der Waals surface area contributed by atoms with Crippen LogP contribution in [0.25, 0.3) is 11.1 Å². The van der Waals surface area contributed by atoms with Crippen molar-refractivity contribution >= 4 is 5.91 Å². The maximum absolute atomic E-state index is 12.4. The Morgan fingerprint density at radius 2 is 1.48 bits per heavy atom. The zero-order valence-corrected chi connectivity index (χ0v) is 14.5. The van der Waals surface area contributed by atoms with Crippen molar-refractivity contribution in [3.63, 3.8) is 0 Å². The number of nitrogens with zero attached hydrogens (tertiary/aromatic N) is 1. The Hall–Kier alpha value is -3.07. The summed E-state index contributed by atoms with van der Waals surface area (Å²) in [6, 6.07) is 25.7. The van der Waals surface area contributed by atoms with Gasteiger partial charge in [-0.3, -0.25) is 4.79 Å². The summed E-state index contributed by atoms with van der Waals surface area (Å²) < 4.78 is 5.95. The Kier molecular flexibility index (Phi) is 5.14. The number of hydrogen-bond donors (Lipinski definition) is 0. The number of hydrogen-bond acceptors (Lipinski definition) is 2. The van der Waals surface area contributed by atoms with Crippen LogP contribution in [-0.4, -0.2) is 24.9 Å². The van der Waals surface area contributed by atoms with E-state index in [9.17, 15) is 4.79 Å². The molecule has 0 spiro atoms. The van der Waals surface area contributed by atoms with Crippen LogP contribution < -0.4 is 4.74 Å². The van der Waals surface area contributed by atoms with Crippen molar-refractivity contribution in [3.8, 4) is 16.9 Å². The van der Waals surface area contributed by atoms with E-state index in [0.29, 0.717) is 17.9 Å². The summed E-state index contributed by atoms with van der Waals surface area (Å²) in [5, 5.41) is 0. The Labute approximate surface area is 148 Å². The van der Waals surface area contributed by atoms with Crippen LogP contribution in [0.5, 0.6) is 5.75 Å². The van der Waals surface area contributed by atoms with Gasteiger partial charge in [-0.05, 0) is 34.9 Å². The van der Waals surface area contributed by atoms with Crippen LogP contribution >= 0.6 is 0 Å². The topological polar surface area (TPSA) is 29.5 Å². The van der Waals surface area contributed by atoms with E-state index < -0.39 is 0 Å². The number of amides is 1. The minimum atomic E-state index is -0.0395. The molecule has 0 radical (unpaired) electrons. The van der Waals surface area contributed by atoms with Gasteiger partial charge in [-0.1, -0.05) is 60.7 Å². The molecular formula is C22H21NO2. The molecule has 3 aromatic rings. The van der Waals surface area contributed by atoms with Crippen molar-refractivity contribution in [1.82, 2.24) is 4.90 Å². The van der Waals surface area contributed by atoms with Crippen LogP contribution in [0.15, 0.2) is 78.9 Å². The highest BCUT2D eigenvalue weighted by atomic mass is 16.5. The van der Waals surface area contributed by atoms with Gasteiger partial charge >= 0.3 is 0 Å². The van der Waals surface area contributed by atoms with Crippen LogP contribution in [-0.2, 0) is 6.61 Å². The quantitative estimate of drug-likeness (QED) is 0.682. The monoisotopic (exact) mass is 331 g/mol. The molecule has 0 aliphatic carbocycles. The molecule has 0 atom stereocenters. The Morgan fingerprint density at radius 3 is 2.12 bits per heavy atom. The second-order valence-electron chi connectivity index (χ2n) is 6.09. The highest BCUT2D eigenvalue weighted by molar-refractivity contribution is 5.95. The fourth-order valence-corrected chi connectivity index (χ4v) is 2.60. The van der Waals surface area contributed by atoms with Crippen molar-refractivity contribution in [1.29, 1.82) is 0 Å². The van der Waals surface area contributed by atoms with E-state index in [1.54, 1.807) is 25.1 Å². The molecule has 0 unspecified atom stereocenters. The van der Waals surface area contributed by atoms with E-state index in [1.807, 2.05) is 72.8 Å². The normalized spacial score (nSPS) is 10.3. The number of benzene rings is 3. The molecule has 0 fully saturated rings. The summed E-state index contributed by atoms with van der Waals surface area (Å²) in [7, 11) is 3.50. The summed E-state index contributed by atoms with van der Waals surface area (Å²) >= 11 is 0. The van der Waals surface area contributed by atoms with Gasteiger partial charge in [0.05, 0.1) is 0 Å². The smallest absolute Gasteiger partial charge is 0.253 e. The second kappa shape index (κ2) is 7.67. The maximum atomic E-state index is 12.4. The van der Waals surface area contributed by atoms with Gasteiger partial charge in [0.15, 0.2) is 0 Å². The molecule has 0 heterocycles. The Morgan fingerprint density at radius 1 is 0.840 bits per heavy atom. The van der Waals surface area contributed by atoms with E-state index >= 15 is 0 Å². The molecule has 3 rings (SSSR count). The molecule has 3 nitrogen and oxygen atoms in total. The summed E-state index contributed by atoms with van der Waals surface area (Å²) in [4.78, 5) is 14.0. The van der Waals surface area contributed by atoms with Gasteiger partial charge < -0.3 is 9.64 Å². The van der Waals surface area contributed by atoms with E-state index in [0.717, 1.165) is 16.7 Å². The largest absolute Gasteiger partial charge is 0.489 e. The first-order valence-corrected chi connectivity index (χ1v) is 8.22. The molecule has 0 bridgehead atoms. The number of carbonyl (C=O) groups excluding carboxylic acids is 1. The van der Waals surface area contributed by atoms with E-state index in [4.69, 9.17) is 4.74 Å². The van der Waals surface area contributed by atoms with Crippen LogP contribution in [0, 0.1) is 0 Å². The lowest BCUT2D eigenvalue weighted by molar-refractivity contribution is 0.0827. The molecule has 0 aliphatic heterocycles. The fourth-order valence-electron chi connectivity index (χ4n) is 2.60. The first kappa shape index (κ1) is 16.8. The standard InChI is InChI=1S/C22H21NO2/c1-23(2)22(24)20-13-19(18-11-7-4-8-12-18)14-21(15-20)25-16-17-9-5-3-6-10-17/h3-15H,16H2,1-2H3. The highest BCUT2D eigenvalue weighted by Crippen LogP contribution is 2.27. The molecule has 0 saturated heterocycles. The summed E-state index contributed by atoms with van der Waals surface area (Å²) in [5.74, 6) is 0.651. The fraction of sp³-hybridized carbons (Fsp3) is 0.136. The van der Waals surface area contributed by atoms with Gasteiger partial charge in [0.2, 0.25) is 0 Å². The summed E-state index contributed by atoms with van der Waals surface area (Å²) in [5.41, 5.74) is 3.74. The third-order valence-electron chi connectivity index (χ3n) is 3.92. The zero-order chi connectivity index (χ0) is 17.6. The summed E-state index contributed by atoms with van der Waals surface area (Å²) in [6.07, 6.45) is 0. The van der Waals surface area contributed by atoms with Crippen molar-refractivity contribution in [2.75, 3.05) is 14.1 Å². The first-order valence-electron chi connectivity index (χ1n) is 8.22. The zero-order valence-electron chi connectivity index (χ0n) is 14.5. The van der Waals surface area contributed by atoms with Crippen LogP contribution in [0.2, 0.25) is 0 Å². The second-order valence-corrected chi connectivity index (χ2v) is 6.09. The number of carbonyl (C=O) groups is 1. The lowest BCUT2D eigenvalue weighted by atomic mass is 10.0. The van der Waals surface area contributed by atoms with Crippen LogP contribution in [0.1, 0.15) is 15.9 Å². The molecule has 0 saturated carbocycles. The Balaban J connectivity index is 1.93. The Bertz CT molecular complexity index is 842. The van der Waals surface area contributed by atoms with E-state index in [-0.39, 0.29) is 5.91 Å². The van der Waals surface area contributed by atoms with Gasteiger partial charge in [0, 0.05) is 19.7 Å². The van der Waals surface area contributed by atoms with Gasteiger partial charge in [0.1, 0.15) is 12.4 Å². The minimum Gasteiger partial charge on any atom is -0.489 e. The number of rotatable bonds is 5. The molecule has 0 N–H and O–H groups in total. The van der Waals surface area contributed by atoms with Crippen molar-refractivity contribution < 1.29 is 9.53 Å². The molecular weight excluding hydrogens is 310 g/mol. The van der Waals surface area contributed by atoms with Crippen LogP contribution in [0.3, 0.4) is 0 Å². The predicted octanol–water partition coefficient (Wildman–Crippen LogP) is 4.63. The molecule has 25 heavy (non-hydrogen) atoms. The third kappa shape index (κ3) is 4.27. The maximum Gasteiger partial charge on any atom is 0.253 e. The lowest BCUT2D eigenvalue weighted by Gasteiger charge is -2.14. The SMILES string of the molecule is CN(C)C(=O)c1cc(OCc2ccccc2)cc(-c2ccccc2)c1. The van der Waals surface area contributed by atoms with Crippen molar-refractivity contribution in [2.45, 2.75) is 6.61 Å². The van der Waals surface area contributed by atoms with Crippen molar-refractivity contribution in [2.24, 2.45) is 0 Å². The summed E-state index contributed by atoms with van der Waals surface area (Å²) in [6.45, 7) is 0.467. The first-order chi connectivity index (χ1) is 12.1. The van der Waals surface area contributed by atoms with E-state index in [1.165, 1.54) is 0 Å². The molecule has 3 aromatic carbocycles. The van der Waals surface area contributed by atoms with Crippen molar-refractivity contribution in [3.05, 3.63) is 90.0 Å². The molecule has 1 amide bonds. The average Bonchev–Trinajstić information content (AvgIpc) is 2.67. The molecule has 0 aromatic heterocycles. The molecule has 3 heteroatoms. The molecule has 126 valence electrons. The lowest BCUT2D eigenvalue weighted by Crippen LogP contribution is -2.21. The number of ether oxygens (including phenoxy) is 1. The van der Waals surface area contributed by atoms with Gasteiger partial charge in [-0.2, -0.15) is 0 Å². The average molecular weight is 331 g/mol. The predicted molar refractivity (Wildman–Crippen MR) is 101 cm³/mol. The van der Waals surface area contributed by atoms with Crippen LogP contribution in [0.4, 0.5) is 0 Å². The highest BCUT2D eigenvalue weighted by Gasteiger charge is 2.12. The van der Waals surface area contributed by atoms with Gasteiger partial charge in [0.25, 0.3) is 5.91 Å². The van der Waals surface area contributed by atoms with E-state index in [2.05, 4.69) is 0 Å². The van der Waals surface area contributed by atoms with Gasteiger partial charge in [-0.25, -0.2) is 0 Å².